The van der Waals surface area contributed by atoms with Gasteiger partial charge in [-0.05, 0) is 24.8 Å². The van der Waals surface area contributed by atoms with Gasteiger partial charge in [-0.1, -0.05) is 36.8 Å². The van der Waals surface area contributed by atoms with Gasteiger partial charge in [-0.15, -0.1) is 0 Å². The molecule has 2 atom stereocenters. The Morgan fingerprint density at radius 2 is 1.18 bits per heavy atom. The Morgan fingerprint density at radius 1 is 0.682 bits per heavy atom. The number of phosphoric ester groups is 1. The molecule has 44 heavy (non-hydrogen) atoms. The minimum atomic E-state index is -5.00. The third kappa shape index (κ3) is 19.0. The number of phosphoric acid groups is 1. The zero-order valence-electron chi connectivity index (χ0n) is 23.9. The maximum atomic E-state index is 12.4. The Bertz CT molecular complexity index is 1090. The number of benzene rings is 1. The molecule has 0 radical (unpaired) electrons. The van der Waals surface area contributed by atoms with Crippen molar-refractivity contribution in [1.29, 1.82) is 0 Å². The topological polar surface area (TPSA) is 269 Å². The predicted molar refractivity (Wildman–Crippen MR) is 137 cm³/mol. The fourth-order valence-corrected chi connectivity index (χ4v) is 4.92. The minimum absolute atomic E-state index is 0.231. The Labute approximate surface area is 253 Å². The van der Waals surface area contributed by atoms with Crippen molar-refractivity contribution in [1.82, 2.24) is 14.7 Å². The number of hydrogen-bond acceptors (Lipinski definition) is 17. The van der Waals surface area contributed by atoms with Crippen LogP contribution in [0.3, 0.4) is 0 Å². The summed E-state index contributed by atoms with van der Waals surface area (Å²) in [5.74, 6) is -8.45. The molecule has 0 aliphatic heterocycles. The molecule has 18 heteroatoms. The molecule has 2 unspecified atom stereocenters. The van der Waals surface area contributed by atoms with E-state index in [0.717, 1.165) is 28.2 Å². The molecule has 1 rings (SSSR count). The lowest BCUT2D eigenvalue weighted by Crippen LogP contribution is -2.55. The number of carbonyl (C=O) groups excluding carboxylic acids is 5. The molecule has 0 fully saturated rings. The highest BCUT2D eigenvalue weighted by atomic mass is 31.2. The molecule has 0 saturated heterocycles. The normalized spacial score (nSPS) is 13.5. The molecule has 17 nitrogen and oxygen atoms in total. The number of carbonyl (C=O) groups is 5. The second-order valence-corrected chi connectivity index (χ2v) is 11.1. The SMILES string of the molecule is O=C([O-])CN(CCN(CC(=O)[O-])CC(COP(=O)([O-])OCCCCCc1ccccc1)N(CC(=O)[O-])CC(=O)[O-])CC(=O)[O-]. The van der Waals surface area contributed by atoms with E-state index in [1.54, 1.807) is 0 Å². The molecule has 0 saturated carbocycles. The third-order valence-corrected chi connectivity index (χ3v) is 7.03. The predicted octanol–water partition coefficient (Wildman–Crippen LogP) is -7.07. The number of nitrogens with zero attached hydrogens (tertiary/aromatic N) is 3. The molecule has 248 valence electrons. The monoisotopic (exact) mass is 643 g/mol. The summed E-state index contributed by atoms with van der Waals surface area (Å²) in [6, 6.07) is 8.18. The van der Waals surface area contributed by atoms with E-state index in [2.05, 4.69) is 0 Å². The summed E-state index contributed by atoms with van der Waals surface area (Å²) in [5, 5.41) is 55.9. The number of carboxylic acids is 5. The standard InChI is InChI=1S/C26H40N3O14P/c30-22(31)14-27(10-11-28(15-23(32)33)16-24(34)35)13-21(29(17-25(36)37)18-26(38)39)19-43-44(40,41)42-12-6-2-5-9-20-7-3-1-4-8-20/h1,3-4,7-8,21H,2,5-6,9-19H2,(H,30,31)(H,32,33)(H,34,35)(H,36,37)(H,38,39)(H,40,41)/p-6. The van der Waals surface area contributed by atoms with Gasteiger partial charge in [0.25, 0.3) is 7.82 Å². The van der Waals surface area contributed by atoms with Gasteiger partial charge in [0, 0.05) is 58.4 Å². The number of rotatable bonds is 26. The Kier molecular flexibility index (Phi) is 18.0. The van der Waals surface area contributed by atoms with Gasteiger partial charge in [0.05, 0.1) is 43.1 Å². The zero-order valence-corrected chi connectivity index (χ0v) is 24.8. The van der Waals surface area contributed by atoms with Gasteiger partial charge in [-0.3, -0.25) is 19.3 Å². The first-order valence-electron chi connectivity index (χ1n) is 13.5. The van der Waals surface area contributed by atoms with E-state index in [1.165, 1.54) is 0 Å². The highest BCUT2D eigenvalue weighted by molar-refractivity contribution is 7.45. The summed E-state index contributed by atoms with van der Waals surface area (Å²) in [6.07, 6.45) is 2.54. The lowest BCUT2D eigenvalue weighted by atomic mass is 10.1. The quantitative estimate of drug-likeness (QED) is 0.0670. The molecule has 1 aromatic carbocycles. The van der Waals surface area contributed by atoms with Crippen molar-refractivity contribution in [3.8, 4) is 0 Å². The van der Waals surface area contributed by atoms with E-state index in [9.17, 15) is 59.0 Å². The lowest BCUT2D eigenvalue weighted by molar-refractivity contribution is -0.313. The average Bonchev–Trinajstić information content (AvgIpc) is 2.90. The molecular formula is C26H34N3O14P-6. The van der Waals surface area contributed by atoms with E-state index >= 15 is 0 Å². The zero-order chi connectivity index (χ0) is 33.1. The molecular weight excluding hydrogens is 609 g/mol. The fourth-order valence-electron chi connectivity index (χ4n) is 4.14. The minimum Gasteiger partial charge on any atom is -0.756 e. The second-order valence-electron chi connectivity index (χ2n) is 9.74. The maximum absolute atomic E-state index is 12.4. The van der Waals surface area contributed by atoms with Gasteiger partial charge >= 0.3 is 0 Å². The molecule has 0 heterocycles. The van der Waals surface area contributed by atoms with Crippen LogP contribution in [0.5, 0.6) is 0 Å². The van der Waals surface area contributed by atoms with E-state index < -0.39 is 89.6 Å². The molecule has 0 N–H and O–H groups in total. The lowest BCUT2D eigenvalue weighted by Gasteiger charge is -2.37. The summed E-state index contributed by atoms with van der Waals surface area (Å²) in [4.78, 5) is 70.8. The summed E-state index contributed by atoms with van der Waals surface area (Å²) < 4.78 is 22.1. The first kappa shape index (κ1) is 38.6. The van der Waals surface area contributed by atoms with Crippen LogP contribution in [0.25, 0.3) is 0 Å². The Balaban J connectivity index is 2.92. The van der Waals surface area contributed by atoms with E-state index in [0.29, 0.717) is 17.7 Å². The first-order chi connectivity index (χ1) is 20.7. The van der Waals surface area contributed by atoms with Crippen LogP contribution in [0.15, 0.2) is 30.3 Å². The van der Waals surface area contributed by atoms with Gasteiger partial charge < -0.3 is 63.4 Å². The molecule has 0 spiro atoms. The molecule has 0 aliphatic carbocycles. The van der Waals surface area contributed by atoms with Crippen LogP contribution < -0.4 is 30.4 Å². The van der Waals surface area contributed by atoms with E-state index in [4.69, 9.17) is 9.05 Å². The van der Waals surface area contributed by atoms with Crippen LogP contribution in [0.4, 0.5) is 0 Å². The van der Waals surface area contributed by atoms with Crippen LogP contribution in [-0.2, 0) is 44.0 Å². The molecule has 1 aromatic rings. The van der Waals surface area contributed by atoms with Crippen LogP contribution in [0.2, 0.25) is 0 Å². The van der Waals surface area contributed by atoms with Gasteiger partial charge in [0.1, 0.15) is 0 Å². The Morgan fingerprint density at radius 3 is 1.70 bits per heavy atom. The molecule has 0 aromatic heterocycles. The van der Waals surface area contributed by atoms with Gasteiger partial charge in [0.15, 0.2) is 0 Å². The van der Waals surface area contributed by atoms with Gasteiger partial charge in [0.2, 0.25) is 0 Å². The molecule has 0 amide bonds. The number of aliphatic carboxylic acids is 5. The highest BCUT2D eigenvalue weighted by Crippen LogP contribution is 2.38. The van der Waals surface area contributed by atoms with E-state index in [-0.39, 0.29) is 19.7 Å². The summed E-state index contributed by atoms with van der Waals surface area (Å²) in [7, 11) is -5.00. The van der Waals surface area contributed by atoms with E-state index in [1.807, 2.05) is 30.3 Å². The van der Waals surface area contributed by atoms with Crippen molar-refractivity contribution in [2.75, 3.05) is 65.6 Å². The number of unbranched alkanes of at least 4 members (excludes halogenated alkanes) is 2. The Hall–Kier alpha value is -3.44. The largest absolute Gasteiger partial charge is 0.756 e. The highest BCUT2D eigenvalue weighted by Gasteiger charge is 2.25. The second kappa shape index (κ2) is 20.5. The van der Waals surface area contributed by atoms with Crippen LogP contribution in [0, 0.1) is 0 Å². The van der Waals surface area contributed by atoms with Gasteiger partial charge in [-0.2, -0.15) is 0 Å². The first-order valence-corrected chi connectivity index (χ1v) is 14.9. The summed E-state index contributed by atoms with van der Waals surface area (Å²) >= 11 is 0. The fraction of sp³-hybridized carbons (Fsp3) is 0.577. The number of carboxylic acid groups (broad SMARTS) is 5. The summed E-state index contributed by atoms with van der Waals surface area (Å²) in [5.41, 5.74) is 1.12. The van der Waals surface area contributed by atoms with Crippen molar-refractivity contribution in [2.45, 2.75) is 31.7 Å². The smallest absolute Gasteiger partial charge is 0.267 e. The third-order valence-electron chi connectivity index (χ3n) is 6.07. The van der Waals surface area contributed by atoms with Crippen molar-refractivity contribution < 1.29 is 68.0 Å². The maximum Gasteiger partial charge on any atom is 0.267 e. The van der Waals surface area contributed by atoms with Gasteiger partial charge in [-0.25, -0.2) is 0 Å². The van der Waals surface area contributed by atoms with Crippen LogP contribution in [0.1, 0.15) is 24.8 Å². The van der Waals surface area contributed by atoms with Crippen molar-refractivity contribution in [2.24, 2.45) is 0 Å². The van der Waals surface area contributed by atoms with Crippen molar-refractivity contribution in [3.63, 3.8) is 0 Å². The van der Waals surface area contributed by atoms with Crippen molar-refractivity contribution in [3.05, 3.63) is 35.9 Å². The van der Waals surface area contributed by atoms with Crippen molar-refractivity contribution >= 4 is 37.7 Å². The molecule has 0 bridgehead atoms. The summed E-state index contributed by atoms with van der Waals surface area (Å²) in [6.45, 7) is -7.11. The van der Waals surface area contributed by atoms with Crippen LogP contribution >= 0.6 is 7.82 Å². The van der Waals surface area contributed by atoms with Crippen LogP contribution in [-0.4, -0.2) is 116 Å². The molecule has 0 aliphatic rings. The average molecular weight is 644 g/mol. The number of hydrogen-bond donors (Lipinski definition) is 0. The number of aryl methyl sites for hydroxylation is 1.